The van der Waals surface area contributed by atoms with Crippen LogP contribution in [0.2, 0.25) is 0 Å². The molecule has 1 aliphatic heterocycles. The molecule has 1 heterocycles. The van der Waals surface area contributed by atoms with Gasteiger partial charge in [0, 0.05) is 10.6 Å². The van der Waals surface area contributed by atoms with E-state index in [1.165, 1.54) is 10.5 Å². The van der Waals surface area contributed by atoms with Crippen LogP contribution in [0.3, 0.4) is 0 Å². The van der Waals surface area contributed by atoms with Gasteiger partial charge in [0.15, 0.2) is 0 Å². The molecule has 1 fully saturated rings. The molecule has 2 nitrogen and oxygen atoms in total. The fraction of sp³-hybridized carbons (Fsp3) is 0.500. The summed E-state index contributed by atoms with van der Waals surface area (Å²) in [5, 5.41) is 0. The van der Waals surface area contributed by atoms with Crippen LogP contribution in [0.4, 0.5) is 0 Å². The average molecular weight is 276 g/mol. The van der Waals surface area contributed by atoms with Gasteiger partial charge in [0.05, 0.1) is 0 Å². The van der Waals surface area contributed by atoms with Crippen molar-refractivity contribution in [3.63, 3.8) is 0 Å². The van der Waals surface area contributed by atoms with Gasteiger partial charge in [-0.05, 0) is 50.3 Å². The van der Waals surface area contributed by atoms with Gasteiger partial charge in [-0.25, -0.2) is 9.78 Å². The highest BCUT2D eigenvalue weighted by Crippen LogP contribution is 2.43. The van der Waals surface area contributed by atoms with Crippen LogP contribution in [0, 0.1) is 5.92 Å². The number of fused-ring (bicyclic) bond motifs is 2. The SMILES string of the molecule is CC1=CCC2CC1OOC2(C)CSc1ccccc1. The third kappa shape index (κ3) is 2.73. The maximum absolute atomic E-state index is 5.76. The molecule has 19 heavy (non-hydrogen) atoms. The van der Waals surface area contributed by atoms with E-state index < -0.39 is 0 Å². The predicted molar refractivity (Wildman–Crippen MR) is 78.0 cm³/mol. The summed E-state index contributed by atoms with van der Waals surface area (Å²) in [4.78, 5) is 12.6. The van der Waals surface area contributed by atoms with Crippen molar-refractivity contribution in [2.45, 2.75) is 43.3 Å². The van der Waals surface area contributed by atoms with Crippen molar-refractivity contribution in [3.8, 4) is 0 Å². The Labute approximate surface area is 119 Å². The minimum absolute atomic E-state index is 0.175. The topological polar surface area (TPSA) is 18.5 Å². The predicted octanol–water partition coefficient (Wildman–Crippen LogP) is 4.22. The van der Waals surface area contributed by atoms with Crippen molar-refractivity contribution in [2.24, 2.45) is 5.92 Å². The highest BCUT2D eigenvalue weighted by atomic mass is 32.2. The van der Waals surface area contributed by atoms with E-state index in [9.17, 15) is 0 Å². The Hall–Kier alpha value is -0.770. The van der Waals surface area contributed by atoms with Crippen LogP contribution in [-0.2, 0) is 9.78 Å². The molecule has 102 valence electrons. The summed E-state index contributed by atoms with van der Waals surface area (Å²) < 4.78 is 0. The first-order chi connectivity index (χ1) is 9.17. The lowest BCUT2D eigenvalue weighted by atomic mass is 9.77. The van der Waals surface area contributed by atoms with Crippen LogP contribution < -0.4 is 0 Å². The molecule has 0 aromatic heterocycles. The summed E-state index contributed by atoms with van der Waals surface area (Å²) >= 11 is 1.85. The molecule has 3 rings (SSSR count). The standard InChI is InChI=1S/C16H20O2S/c1-12-8-9-13-10-15(12)17-18-16(13,2)11-19-14-6-4-3-5-7-14/h3-8,13,15H,9-11H2,1-2H3. The molecule has 1 aliphatic carbocycles. The number of allylic oxidation sites excluding steroid dienone is 1. The van der Waals surface area contributed by atoms with Crippen LogP contribution in [-0.4, -0.2) is 17.5 Å². The van der Waals surface area contributed by atoms with Gasteiger partial charge in [-0.2, -0.15) is 0 Å². The molecule has 1 aromatic carbocycles. The van der Waals surface area contributed by atoms with Gasteiger partial charge in [0.1, 0.15) is 11.7 Å². The Kier molecular flexibility index (Phi) is 3.70. The Morgan fingerprint density at radius 1 is 1.32 bits per heavy atom. The van der Waals surface area contributed by atoms with Crippen LogP contribution in [0.25, 0.3) is 0 Å². The molecule has 3 heteroatoms. The van der Waals surface area contributed by atoms with Gasteiger partial charge < -0.3 is 0 Å². The molecule has 0 N–H and O–H groups in total. The van der Waals surface area contributed by atoms with Crippen LogP contribution in [0.5, 0.6) is 0 Å². The van der Waals surface area contributed by atoms with E-state index in [1.54, 1.807) is 0 Å². The fourth-order valence-electron chi connectivity index (χ4n) is 2.74. The van der Waals surface area contributed by atoms with Gasteiger partial charge in [-0.1, -0.05) is 24.3 Å². The van der Waals surface area contributed by atoms with E-state index in [4.69, 9.17) is 9.78 Å². The molecule has 3 unspecified atom stereocenters. The van der Waals surface area contributed by atoms with Crippen LogP contribution in [0.15, 0.2) is 46.9 Å². The van der Waals surface area contributed by atoms with E-state index in [0.717, 1.165) is 18.6 Å². The summed E-state index contributed by atoms with van der Waals surface area (Å²) in [6.07, 6.45) is 4.69. The Morgan fingerprint density at radius 2 is 2.11 bits per heavy atom. The largest absolute Gasteiger partial charge is 0.229 e. The van der Waals surface area contributed by atoms with Gasteiger partial charge in [0.25, 0.3) is 0 Å². The van der Waals surface area contributed by atoms with Crippen LogP contribution >= 0.6 is 11.8 Å². The highest BCUT2D eigenvalue weighted by Gasteiger charge is 2.44. The zero-order valence-electron chi connectivity index (χ0n) is 11.5. The van der Waals surface area contributed by atoms with E-state index in [2.05, 4.69) is 44.2 Å². The monoisotopic (exact) mass is 276 g/mol. The molecule has 3 atom stereocenters. The molecule has 1 saturated heterocycles. The van der Waals surface area contributed by atoms with E-state index in [-0.39, 0.29) is 11.7 Å². The molecule has 0 radical (unpaired) electrons. The number of hydrogen-bond acceptors (Lipinski definition) is 3. The third-order valence-corrected chi connectivity index (χ3v) is 5.54. The number of thioether (sulfide) groups is 1. The smallest absolute Gasteiger partial charge is 0.114 e. The first-order valence-corrected chi connectivity index (χ1v) is 7.85. The van der Waals surface area contributed by atoms with Crippen molar-refractivity contribution in [2.75, 3.05) is 5.75 Å². The molecule has 1 aromatic rings. The maximum Gasteiger partial charge on any atom is 0.114 e. The van der Waals surface area contributed by atoms with Crippen LogP contribution in [0.1, 0.15) is 26.7 Å². The molecule has 0 amide bonds. The lowest BCUT2D eigenvalue weighted by Crippen LogP contribution is -2.49. The highest BCUT2D eigenvalue weighted by molar-refractivity contribution is 7.99. The van der Waals surface area contributed by atoms with Crippen molar-refractivity contribution < 1.29 is 9.78 Å². The first kappa shape index (κ1) is 13.2. The second kappa shape index (κ2) is 5.31. The van der Waals surface area contributed by atoms with Crippen molar-refractivity contribution in [1.29, 1.82) is 0 Å². The molecular formula is C16H20O2S. The minimum Gasteiger partial charge on any atom is -0.229 e. The van der Waals surface area contributed by atoms with E-state index >= 15 is 0 Å². The fourth-order valence-corrected chi connectivity index (χ4v) is 3.82. The summed E-state index contributed by atoms with van der Waals surface area (Å²) in [7, 11) is 0. The summed E-state index contributed by atoms with van der Waals surface area (Å²) in [5.41, 5.74) is 1.13. The minimum atomic E-state index is -0.186. The Balaban J connectivity index is 1.67. The Morgan fingerprint density at radius 3 is 2.89 bits per heavy atom. The van der Waals surface area contributed by atoms with Gasteiger partial charge >= 0.3 is 0 Å². The van der Waals surface area contributed by atoms with Crippen molar-refractivity contribution in [1.82, 2.24) is 0 Å². The quantitative estimate of drug-likeness (QED) is 0.468. The van der Waals surface area contributed by atoms with Gasteiger partial charge in [-0.15, -0.1) is 11.8 Å². The number of benzene rings is 1. The molecular weight excluding hydrogens is 256 g/mol. The normalized spacial score (nSPS) is 33.9. The zero-order valence-corrected chi connectivity index (χ0v) is 12.3. The summed E-state index contributed by atoms with van der Waals surface area (Å²) in [6, 6.07) is 10.5. The molecule has 2 bridgehead atoms. The van der Waals surface area contributed by atoms with Gasteiger partial charge in [-0.3, -0.25) is 0 Å². The average Bonchev–Trinajstić information content (AvgIpc) is 2.45. The second-order valence-corrected chi connectivity index (χ2v) is 6.75. The summed E-state index contributed by atoms with van der Waals surface area (Å²) in [6.45, 7) is 4.31. The number of rotatable bonds is 3. The van der Waals surface area contributed by atoms with E-state index in [0.29, 0.717) is 5.92 Å². The third-order valence-electron chi connectivity index (χ3n) is 4.22. The van der Waals surface area contributed by atoms with Gasteiger partial charge in [0.2, 0.25) is 0 Å². The first-order valence-electron chi connectivity index (χ1n) is 6.86. The lowest BCUT2D eigenvalue weighted by Gasteiger charge is -2.45. The maximum atomic E-state index is 5.76. The Bertz CT molecular complexity index is 471. The van der Waals surface area contributed by atoms with Crippen molar-refractivity contribution >= 4 is 11.8 Å². The second-order valence-electron chi connectivity index (χ2n) is 5.70. The van der Waals surface area contributed by atoms with Crippen molar-refractivity contribution in [3.05, 3.63) is 42.0 Å². The summed E-state index contributed by atoms with van der Waals surface area (Å²) in [5.74, 6) is 1.49. The lowest BCUT2D eigenvalue weighted by molar-refractivity contribution is -0.408. The number of hydrogen-bond donors (Lipinski definition) is 0. The molecule has 0 spiro atoms. The zero-order chi connectivity index (χ0) is 13.3. The molecule has 2 aliphatic rings. The van der Waals surface area contributed by atoms with E-state index in [1.807, 2.05) is 17.8 Å². The molecule has 0 saturated carbocycles.